The first-order valence-corrected chi connectivity index (χ1v) is 9.06. The van der Waals surface area contributed by atoms with Crippen molar-refractivity contribution >= 4 is 6.03 Å². The van der Waals surface area contributed by atoms with Crippen LogP contribution in [0.4, 0.5) is 4.79 Å². The number of urea groups is 1. The number of aliphatic hydroxyl groups is 1. The van der Waals surface area contributed by atoms with E-state index in [9.17, 15) is 9.90 Å². The summed E-state index contributed by atoms with van der Waals surface area (Å²) in [7, 11) is 0. The third-order valence-corrected chi connectivity index (χ3v) is 4.82. The Kier molecular flexibility index (Phi) is 6.07. The Hall–Kier alpha value is -2.33. The topological polar surface area (TPSA) is 52.6 Å². The molecule has 3 rings (SSSR count). The summed E-state index contributed by atoms with van der Waals surface area (Å²) in [5, 5.41) is 12.3. The Balaban J connectivity index is 1.74. The summed E-state index contributed by atoms with van der Waals surface area (Å²) in [6.07, 6.45) is 3.73. The Morgan fingerprint density at radius 1 is 1.12 bits per heavy atom. The van der Waals surface area contributed by atoms with Gasteiger partial charge in [0.1, 0.15) is 0 Å². The maximum Gasteiger partial charge on any atom is 0.318 e. The molecule has 0 spiro atoms. The first-order chi connectivity index (χ1) is 12.3. The lowest BCUT2D eigenvalue weighted by Gasteiger charge is -2.36. The molecule has 0 aromatic heterocycles. The lowest BCUT2D eigenvalue weighted by molar-refractivity contribution is 0.157. The van der Waals surface area contributed by atoms with Crippen LogP contribution in [-0.2, 0) is 13.0 Å². The van der Waals surface area contributed by atoms with Gasteiger partial charge in [0.15, 0.2) is 0 Å². The van der Waals surface area contributed by atoms with Gasteiger partial charge in [-0.3, -0.25) is 0 Å². The van der Waals surface area contributed by atoms with E-state index in [-0.39, 0.29) is 18.7 Å². The maximum absolute atomic E-state index is 12.9. The molecule has 0 saturated carbocycles. The number of aryl methyl sites for hydroxylation is 1. The van der Waals surface area contributed by atoms with Crippen molar-refractivity contribution in [1.82, 2.24) is 10.2 Å². The number of nitrogens with one attached hydrogen (secondary N) is 1. The number of amides is 2. The molecule has 0 fully saturated rings. The van der Waals surface area contributed by atoms with Gasteiger partial charge in [-0.25, -0.2) is 4.79 Å². The summed E-state index contributed by atoms with van der Waals surface area (Å²) in [6.45, 7) is 1.18. The average molecular weight is 338 g/mol. The van der Waals surface area contributed by atoms with Crippen LogP contribution in [0.3, 0.4) is 0 Å². The number of carbonyl (C=O) groups is 1. The van der Waals surface area contributed by atoms with E-state index in [0.717, 1.165) is 24.8 Å². The third kappa shape index (κ3) is 4.40. The molecule has 1 aliphatic rings. The van der Waals surface area contributed by atoms with Crippen molar-refractivity contribution in [2.24, 2.45) is 0 Å². The molecule has 0 radical (unpaired) electrons. The SMILES string of the molecule is O=C(NCc1ccccc1)N(CCCO)C1CCCc2ccccc21. The van der Waals surface area contributed by atoms with E-state index < -0.39 is 0 Å². The number of hydrogen-bond donors (Lipinski definition) is 2. The summed E-state index contributed by atoms with van der Waals surface area (Å²) in [5.41, 5.74) is 3.67. The molecule has 132 valence electrons. The van der Waals surface area contributed by atoms with Crippen LogP contribution in [0.15, 0.2) is 54.6 Å². The summed E-state index contributed by atoms with van der Waals surface area (Å²) in [4.78, 5) is 14.8. The second kappa shape index (κ2) is 8.67. The molecule has 1 aliphatic carbocycles. The quantitative estimate of drug-likeness (QED) is 0.844. The zero-order chi connectivity index (χ0) is 17.5. The Morgan fingerprint density at radius 3 is 2.68 bits per heavy atom. The Bertz CT molecular complexity index is 687. The van der Waals surface area contributed by atoms with Crippen LogP contribution in [0.25, 0.3) is 0 Å². The Morgan fingerprint density at radius 2 is 1.88 bits per heavy atom. The van der Waals surface area contributed by atoms with Gasteiger partial charge in [-0.1, -0.05) is 54.6 Å². The molecule has 0 bridgehead atoms. The molecule has 2 amide bonds. The van der Waals surface area contributed by atoms with Crippen LogP contribution in [0, 0.1) is 0 Å². The second-order valence-electron chi connectivity index (χ2n) is 6.52. The number of benzene rings is 2. The molecule has 25 heavy (non-hydrogen) atoms. The highest BCUT2D eigenvalue weighted by Crippen LogP contribution is 2.34. The van der Waals surface area contributed by atoms with Crippen LogP contribution in [0.5, 0.6) is 0 Å². The fraction of sp³-hybridized carbons (Fsp3) is 0.381. The van der Waals surface area contributed by atoms with Crippen molar-refractivity contribution < 1.29 is 9.90 Å². The summed E-state index contributed by atoms with van der Waals surface area (Å²) < 4.78 is 0. The maximum atomic E-state index is 12.9. The van der Waals surface area contributed by atoms with Crippen LogP contribution in [0.1, 0.15) is 42.0 Å². The van der Waals surface area contributed by atoms with Gasteiger partial charge in [0.2, 0.25) is 0 Å². The van der Waals surface area contributed by atoms with Gasteiger partial charge >= 0.3 is 6.03 Å². The standard InChI is InChI=1S/C21H26N2O2/c24-15-7-14-23(21(25)22-16-17-8-2-1-3-9-17)20-13-6-11-18-10-4-5-12-19(18)20/h1-5,8-10,12,20,24H,6-7,11,13-16H2,(H,22,25). The van der Waals surface area contributed by atoms with Crippen LogP contribution >= 0.6 is 0 Å². The molecule has 1 unspecified atom stereocenters. The number of rotatable bonds is 6. The Labute approximate surface area is 149 Å². The number of carbonyl (C=O) groups excluding carboxylic acids is 1. The van der Waals surface area contributed by atoms with Gasteiger partial charge in [-0.2, -0.15) is 0 Å². The molecule has 4 nitrogen and oxygen atoms in total. The molecular formula is C21H26N2O2. The smallest absolute Gasteiger partial charge is 0.318 e. The van der Waals surface area contributed by atoms with Crippen LogP contribution in [0.2, 0.25) is 0 Å². The highest BCUT2D eigenvalue weighted by atomic mass is 16.3. The molecule has 0 heterocycles. The predicted octanol–water partition coefficient (Wildman–Crippen LogP) is 3.66. The molecule has 0 aliphatic heterocycles. The highest BCUT2D eigenvalue weighted by molar-refractivity contribution is 5.75. The van der Waals surface area contributed by atoms with Crippen molar-refractivity contribution in [3.05, 3.63) is 71.3 Å². The van der Waals surface area contributed by atoms with Gasteiger partial charge < -0.3 is 15.3 Å². The fourth-order valence-electron chi connectivity index (χ4n) is 3.57. The average Bonchev–Trinajstić information content (AvgIpc) is 2.67. The minimum atomic E-state index is -0.0565. The van der Waals surface area contributed by atoms with Gasteiger partial charge in [0, 0.05) is 19.7 Å². The molecule has 2 N–H and O–H groups in total. The summed E-state index contributed by atoms with van der Waals surface area (Å²) in [5.74, 6) is 0. The van der Waals surface area contributed by atoms with Crippen LogP contribution < -0.4 is 5.32 Å². The van der Waals surface area contributed by atoms with E-state index in [1.807, 2.05) is 41.3 Å². The monoisotopic (exact) mass is 338 g/mol. The first-order valence-electron chi connectivity index (χ1n) is 9.06. The first kappa shape index (κ1) is 17.5. The lowest BCUT2D eigenvalue weighted by atomic mass is 9.87. The largest absolute Gasteiger partial charge is 0.396 e. The van der Waals surface area contributed by atoms with E-state index >= 15 is 0 Å². The number of fused-ring (bicyclic) bond motifs is 1. The number of aliphatic hydroxyl groups excluding tert-OH is 1. The molecule has 1 atom stereocenters. The van der Waals surface area contributed by atoms with E-state index in [0.29, 0.717) is 19.5 Å². The van der Waals surface area contributed by atoms with Crippen molar-refractivity contribution in [1.29, 1.82) is 0 Å². The third-order valence-electron chi connectivity index (χ3n) is 4.82. The molecule has 0 saturated heterocycles. The van der Waals surface area contributed by atoms with Gasteiger partial charge in [0.25, 0.3) is 0 Å². The number of hydrogen-bond acceptors (Lipinski definition) is 2. The summed E-state index contributed by atoms with van der Waals surface area (Å²) >= 11 is 0. The molecule has 2 aromatic rings. The normalized spacial score (nSPS) is 16.1. The second-order valence-corrected chi connectivity index (χ2v) is 6.52. The predicted molar refractivity (Wildman–Crippen MR) is 99.2 cm³/mol. The molecule has 4 heteroatoms. The van der Waals surface area contributed by atoms with Crippen molar-refractivity contribution in [2.45, 2.75) is 38.3 Å². The lowest BCUT2D eigenvalue weighted by Crippen LogP contribution is -2.43. The van der Waals surface area contributed by atoms with E-state index in [1.54, 1.807) is 0 Å². The van der Waals surface area contributed by atoms with Gasteiger partial charge in [-0.05, 0) is 42.4 Å². The van der Waals surface area contributed by atoms with Gasteiger partial charge in [-0.15, -0.1) is 0 Å². The highest BCUT2D eigenvalue weighted by Gasteiger charge is 2.28. The zero-order valence-corrected chi connectivity index (χ0v) is 14.5. The molecule has 2 aromatic carbocycles. The van der Waals surface area contributed by atoms with Gasteiger partial charge in [0.05, 0.1) is 6.04 Å². The van der Waals surface area contributed by atoms with Crippen molar-refractivity contribution in [3.63, 3.8) is 0 Å². The van der Waals surface area contributed by atoms with Crippen molar-refractivity contribution in [2.75, 3.05) is 13.2 Å². The van der Waals surface area contributed by atoms with E-state index in [4.69, 9.17) is 0 Å². The number of nitrogens with zero attached hydrogens (tertiary/aromatic N) is 1. The van der Waals surface area contributed by atoms with Crippen LogP contribution in [-0.4, -0.2) is 29.2 Å². The minimum absolute atomic E-state index is 0.0565. The zero-order valence-electron chi connectivity index (χ0n) is 14.5. The van der Waals surface area contributed by atoms with E-state index in [2.05, 4.69) is 23.5 Å². The van der Waals surface area contributed by atoms with Crippen molar-refractivity contribution in [3.8, 4) is 0 Å². The minimum Gasteiger partial charge on any atom is -0.396 e. The summed E-state index contributed by atoms with van der Waals surface area (Å²) in [6, 6.07) is 18.4. The van der Waals surface area contributed by atoms with E-state index in [1.165, 1.54) is 11.1 Å². The molecular weight excluding hydrogens is 312 g/mol. The fourth-order valence-corrected chi connectivity index (χ4v) is 3.57.